The zero-order valence-corrected chi connectivity index (χ0v) is 20.4. The first-order chi connectivity index (χ1) is 17.9. The highest BCUT2D eigenvalue weighted by Gasteiger charge is 2.46. The van der Waals surface area contributed by atoms with E-state index < -0.39 is 23.5 Å². The Balaban J connectivity index is 1.13. The van der Waals surface area contributed by atoms with Gasteiger partial charge in [0, 0.05) is 25.6 Å². The molecule has 1 saturated heterocycles. The number of benzene rings is 3. The number of rotatable bonds is 8. The van der Waals surface area contributed by atoms with E-state index in [9.17, 15) is 19.5 Å². The number of carboxylic acids is 1. The second-order valence-corrected chi connectivity index (χ2v) is 9.56. The van der Waals surface area contributed by atoms with Gasteiger partial charge in [-0.3, -0.25) is 9.69 Å². The molecule has 0 bridgehead atoms. The normalized spacial score (nSPS) is 18.6. The zero-order valence-electron chi connectivity index (χ0n) is 20.4. The van der Waals surface area contributed by atoms with Gasteiger partial charge < -0.3 is 20.5 Å². The molecule has 3 aromatic carbocycles. The number of likely N-dealkylation sites (tertiary alicyclic amines) is 1. The minimum absolute atomic E-state index is 0.0867. The molecule has 1 aliphatic carbocycles. The van der Waals surface area contributed by atoms with Crippen LogP contribution in [0.2, 0.25) is 0 Å². The van der Waals surface area contributed by atoms with E-state index >= 15 is 0 Å². The van der Waals surface area contributed by atoms with Crippen molar-refractivity contribution in [3.63, 3.8) is 0 Å². The van der Waals surface area contributed by atoms with Crippen LogP contribution in [0.5, 0.6) is 0 Å². The van der Waals surface area contributed by atoms with E-state index in [-0.39, 0.29) is 32.0 Å². The summed E-state index contributed by atoms with van der Waals surface area (Å²) in [6, 6.07) is 25.8. The Morgan fingerprint density at radius 2 is 1.54 bits per heavy atom. The Hall–Kier alpha value is -4.17. The number of aliphatic carboxylic acids is 1. The second kappa shape index (κ2) is 10.4. The maximum absolute atomic E-state index is 12.6. The van der Waals surface area contributed by atoms with E-state index in [4.69, 9.17) is 4.74 Å². The lowest BCUT2D eigenvalue weighted by Crippen LogP contribution is -2.58. The average molecular weight is 500 g/mol. The van der Waals surface area contributed by atoms with E-state index in [2.05, 4.69) is 22.8 Å². The van der Waals surface area contributed by atoms with Gasteiger partial charge in [0.25, 0.3) is 0 Å². The smallest absolute Gasteiger partial charge is 0.407 e. The van der Waals surface area contributed by atoms with Crippen molar-refractivity contribution in [3.8, 4) is 11.1 Å². The number of carbonyl (C=O) groups is 3. The number of nitrogens with zero attached hydrogens (tertiary/aromatic N) is 1. The van der Waals surface area contributed by atoms with Crippen molar-refractivity contribution in [1.82, 2.24) is 15.5 Å². The number of amides is 2. The van der Waals surface area contributed by atoms with Crippen LogP contribution in [0.3, 0.4) is 0 Å². The largest absolute Gasteiger partial charge is 0.479 e. The molecule has 37 heavy (non-hydrogen) atoms. The summed E-state index contributed by atoms with van der Waals surface area (Å²) >= 11 is 0. The third-order valence-corrected chi connectivity index (χ3v) is 7.12. The Morgan fingerprint density at radius 3 is 2.19 bits per heavy atom. The Morgan fingerprint density at radius 1 is 0.919 bits per heavy atom. The molecular weight excluding hydrogens is 470 g/mol. The fourth-order valence-electron chi connectivity index (χ4n) is 5.31. The molecule has 1 fully saturated rings. The molecule has 3 aromatic rings. The summed E-state index contributed by atoms with van der Waals surface area (Å²) in [5, 5.41) is 15.0. The Labute approximate surface area is 215 Å². The maximum Gasteiger partial charge on any atom is 0.407 e. The van der Waals surface area contributed by atoms with E-state index in [1.54, 1.807) is 0 Å². The Kier molecular flexibility index (Phi) is 6.92. The number of fused-ring (bicyclic) bond motifs is 3. The first-order valence-electron chi connectivity index (χ1n) is 12.3. The van der Waals surface area contributed by atoms with Gasteiger partial charge in [-0.15, -0.1) is 0 Å². The molecule has 0 aromatic heterocycles. The molecule has 0 spiro atoms. The molecule has 2 amide bonds. The predicted molar refractivity (Wildman–Crippen MR) is 138 cm³/mol. The molecule has 5 rings (SSSR count). The van der Waals surface area contributed by atoms with Crippen molar-refractivity contribution < 1.29 is 24.2 Å². The lowest BCUT2D eigenvalue weighted by atomic mass is 9.98. The van der Waals surface area contributed by atoms with Gasteiger partial charge in [-0.05, 0) is 34.2 Å². The minimum atomic E-state index is -1.39. The first-order valence-corrected chi connectivity index (χ1v) is 12.3. The van der Waals surface area contributed by atoms with E-state index in [1.165, 1.54) is 0 Å². The van der Waals surface area contributed by atoms with Crippen LogP contribution in [0.25, 0.3) is 11.1 Å². The van der Waals surface area contributed by atoms with Crippen molar-refractivity contribution in [3.05, 3.63) is 95.6 Å². The number of carboxylic acid groups (broad SMARTS) is 1. The van der Waals surface area contributed by atoms with E-state index in [0.29, 0.717) is 13.1 Å². The van der Waals surface area contributed by atoms with Crippen LogP contribution < -0.4 is 10.6 Å². The highest BCUT2D eigenvalue weighted by Crippen LogP contribution is 2.44. The molecule has 1 unspecified atom stereocenters. The molecule has 0 saturated carbocycles. The van der Waals surface area contributed by atoms with Gasteiger partial charge in [-0.25, -0.2) is 9.59 Å². The zero-order chi connectivity index (χ0) is 25.8. The van der Waals surface area contributed by atoms with Crippen LogP contribution in [0.1, 0.15) is 29.0 Å². The average Bonchev–Trinajstić information content (AvgIpc) is 3.46. The van der Waals surface area contributed by atoms with Crippen LogP contribution in [-0.2, 0) is 20.9 Å². The first kappa shape index (κ1) is 24.5. The number of hydrogen-bond acceptors (Lipinski definition) is 5. The van der Waals surface area contributed by atoms with Crippen LogP contribution >= 0.6 is 0 Å². The summed E-state index contributed by atoms with van der Waals surface area (Å²) in [5.74, 6) is -1.74. The summed E-state index contributed by atoms with van der Waals surface area (Å²) in [6.45, 7) is 1.10. The predicted octanol–water partition coefficient (Wildman–Crippen LogP) is 3.37. The number of nitrogens with one attached hydrogen (secondary N) is 2. The molecule has 2 aliphatic rings. The van der Waals surface area contributed by atoms with E-state index in [0.717, 1.165) is 27.8 Å². The quantitative estimate of drug-likeness (QED) is 0.439. The van der Waals surface area contributed by atoms with Crippen LogP contribution in [0.15, 0.2) is 78.9 Å². The Bertz CT molecular complexity index is 1270. The number of alkyl carbamates (subject to hydrolysis) is 1. The lowest BCUT2D eigenvalue weighted by Gasteiger charge is -2.26. The van der Waals surface area contributed by atoms with Crippen molar-refractivity contribution >= 4 is 18.0 Å². The van der Waals surface area contributed by atoms with Gasteiger partial charge >= 0.3 is 12.1 Å². The summed E-state index contributed by atoms with van der Waals surface area (Å²) in [7, 11) is 0. The third-order valence-electron chi connectivity index (χ3n) is 7.12. The van der Waals surface area contributed by atoms with Crippen molar-refractivity contribution in [1.29, 1.82) is 0 Å². The number of ether oxygens (including phenoxy) is 1. The summed E-state index contributed by atoms with van der Waals surface area (Å²) in [6.07, 6.45) is -0.440. The van der Waals surface area contributed by atoms with Crippen molar-refractivity contribution in [2.75, 3.05) is 26.2 Å². The minimum Gasteiger partial charge on any atom is -0.479 e. The molecular formula is C29H29N3O5. The van der Waals surface area contributed by atoms with Crippen molar-refractivity contribution in [2.45, 2.75) is 24.4 Å². The van der Waals surface area contributed by atoms with Crippen LogP contribution in [-0.4, -0.2) is 59.8 Å². The molecule has 8 nitrogen and oxygen atoms in total. The van der Waals surface area contributed by atoms with E-state index in [1.807, 2.05) is 71.6 Å². The standard InChI is InChI=1S/C29H29N3O5/c33-26(31-29(27(34)35)14-15-32(19-29)17-20-8-2-1-3-9-20)16-30-28(36)37-18-25-23-12-6-4-10-21(23)22-11-5-7-13-24(22)25/h1-13,25H,14-19H2,(H,30,36)(H,31,33)(H,34,35). The highest BCUT2D eigenvalue weighted by atomic mass is 16.5. The molecule has 0 radical (unpaired) electrons. The van der Waals surface area contributed by atoms with Crippen molar-refractivity contribution in [2.24, 2.45) is 0 Å². The molecule has 1 aliphatic heterocycles. The van der Waals surface area contributed by atoms with Crippen LogP contribution in [0, 0.1) is 0 Å². The fourth-order valence-corrected chi connectivity index (χ4v) is 5.31. The SMILES string of the molecule is O=C(CNC(=O)OCC1c2ccccc2-c2ccccc21)NC1(C(=O)O)CCN(Cc2ccccc2)C1. The molecule has 8 heteroatoms. The molecule has 190 valence electrons. The van der Waals surface area contributed by atoms with Crippen LogP contribution in [0.4, 0.5) is 4.79 Å². The molecule has 1 atom stereocenters. The number of carbonyl (C=O) groups excluding carboxylic acids is 2. The van der Waals surface area contributed by atoms with Gasteiger partial charge in [0.05, 0.1) is 0 Å². The number of hydrogen-bond donors (Lipinski definition) is 3. The monoisotopic (exact) mass is 499 g/mol. The maximum atomic E-state index is 12.6. The van der Waals surface area contributed by atoms with Gasteiger partial charge in [0.15, 0.2) is 5.54 Å². The van der Waals surface area contributed by atoms with Gasteiger partial charge in [0.1, 0.15) is 13.2 Å². The van der Waals surface area contributed by atoms with Gasteiger partial charge in [-0.1, -0.05) is 78.9 Å². The third kappa shape index (κ3) is 5.20. The highest BCUT2D eigenvalue weighted by molar-refractivity contribution is 5.89. The summed E-state index contributed by atoms with van der Waals surface area (Å²) < 4.78 is 5.46. The summed E-state index contributed by atoms with van der Waals surface area (Å²) in [5.41, 5.74) is 4.13. The molecule has 3 N–H and O–H groups in total. The second-order valence-electron chi connectivity index (χ2n) is 9.56. The summed E-state index contributed by atoms with van der Waals surface area (Å²) in [4.78, 5) is 39.1. The lowest BCUT2D eigenvalue weighted by molar-refractivity contribution is -0.147. The van der Waals surface area contributed by atoms with Gasteiger partial charge in [-0.2, -0.15) is 0 Å². The molecule has 1 heterocycles. The topological polar surface area (TPSA) is 108 Å². The fraction of sp³-hybridized carbons (Fsp3) is 0.276. The van der Waals surface area contributed by atoms with Gasteiger partial charge in [0.2, 0.25) is 5.91 Å².